The number of phosphoric acid groups is 1. The van der Waals surface area contributed by atoms with E-state index in [2.05, 4.69) is 18.2 Å². The topological polar surface area (TPSA) is 91.3 Å². The number of phosphoric ester groups is 1. The molecule has 0 radical (unpaired) electrons. The number of rotatable bonds is 19. The van der Waals surface area contributed by atoms with Crippen LogP contribution in [0.3, 0.4) is 0 Å². The molecule has 0 aliphatic rings. The summed E-state index contributed by atoms with van der Waals surface area (Å²) < 4.78 is 30.8. The van der Waals surface area contributed by atoms with Crippen LogP contribution in [0.4, 0.5) is 0 Å². The molecule has 0 fully saturated rings. The molecule has 0 aliphatic heterocycles. The van der Waals surface area contributed by atoms with Crippen LogP contribution >= 0.6 is 7.82 Å². The Labute approximate surface area is 192 Å². The molecule has 0 saturated carbocycles. The van der Waals surface area contributed by atoms with Crippen LogP contribution in [-0.4, -0.2) is 60.6 Å². The average molecular weight is 432 g/mol. The molecular weight excluding hydrogens is 394 g/mol. The van der Waals surface area contributed by atoms with Gasteiger partial charge in [0.1, 0.15) is 0 Å². The van der Waals surface area contributed by atoms with E-state index in [9.17, 15) is 9.36 Å². The van der Waals surface area contributed by atoms with Crippen molar-refractivity contribution in [3.05, 3.63) is 12.2 Å². The maximum atomic E-state index is 12.0. The molecule has 0 spiro atoms. The van der Waals surface area contributed by atoms with Gasteiger partial charge in [0.25, 0.3) is 0 Å². The van der Waals surface area contributed by atoms with Crippen LogP contribution in [-0.2, 0) is 27.8 Å². The molecule has 0 aliphatic carbocycles. The predicted molar refractivity (Wildman–Crippen MR) is 113 cm³/mol. The molecule has 28 heavy (non-hydrogen) atoms. The third-order valence-electron chi connectivity index (χ3n) is 3.97. The molecule has 0 aromatic rings. The van der Waals surface area contributed by atoms with Gasteiger partial charge in [-0.2, -0.15) is 0 Å². The zero-order chi connectivity index (χ0) is 20.4. The van der Waals surface area contributed by atoms with Crippen molar-refractivity contribution >= 4 is 43.3 Å². The fraction of sp³-hybridized carbons (Fsp3) is 0.842. The van der Waals surface area contributed by atoms with Gasteiger partial charge in [0.2, 0.25) is 0 Å². The number of carbonyl (C=O) groups is 1. The van der Waals surface area contributed by atoms with Gasteiger partial charge < -0.3 is 4.74 Å². The molecule has 1 N–H and O–H groups in total. The molecule has 0 bridgehead atoms. The second-order valence-electron chi connectivity index (χ2n) is 6.65. The second kappa shape index (κ2) is 20.5. The zero-order valence-corrected chi connectivity index (χ0v) is 17.8. The maximum absolute atomic E-state index is 12.0. The summed E-state index contributed by atoms with van der Waals surface area (Å²) in [6, 6.07) is 0. The van der Waals surface area contributed by atoms with Crippen LogP contribution in [0, 0.1) is 0 Å². The van der Waals surface area contributed by atoms with Gasteiger partial charge in [0.05, 0.1) is 19.8 Å². The molecule has 0 aromatic heterocycles. The summed E-state index contributed by atoms with van der Waals surface area (Å²) in [4.78, 5) is 11.2. The van der Waals surface area contributed by atoms with E-state index in [0.29, 0.717) is 12.0 Å². The standard InChI is InChI=1S/C19H37O7P.Na.H/c1-4-5-6-7-8-9-10-11-12-13-16-24-27(22,26-21)25-17-14-15-23-19(20)18(2)3;;/h21H,2,4-17H2,1,3H3;;. The minimum absolute atomic E-state index is 0. The van der Waals surface area contributed by atoms with Crippen molar-refractivity contribution in [3.8, 4) is 0 Å². The molecule has 0 aromatic carbocycles. The normalized spacial score (nSPS) is 12.8. The molecule has 162 valence electrons. The summed E-state index contributed by atoms with van der Waals surface area (Å²) in [6.45, 7) is 7.49. The van der Waals surface area contributed by atoms with Gasteiger partial charge in [-0.1, -0.05) is 71.3 Å². The molecule has 1 atom stereocenters. The molecule has 0 saturated heterocycles. The molecule has 7 nitrogen and oxygen atoms in total. The molecule has 0 heterocycles. The molecule has 1 unspecified atom stereocenters. The van der Waals surface area contributed by atoms with Gasteiger partial charge in [0.15, 0.2) is 0 Å². The van der Waals surface area contributed by atoms with E-state index in [4.69, 9.17) is 19.0 Å². The Morgan fingerprint density at radius 3 is 1.79 bits per heavy atom. The quantitative estimate of drug-likeness (QED) is 0.0556. The van der Waals surface area contributed by atoms with E-state index >= 15 is 0 Å². The first-order valence-electron chi connectivity index (χ1n) is 10.00. The number of unbranched alkanes of at least 4 members (excludes halogenated alkanes) is 9. The van der Waals surface area contributed by atoms with E-state index in [0.717, 1.165) is 19.3 Å². The Hall–Kier alpha value is 0.280. The third kappa shape index (κ3) is 18.3. The number of carbonyl (C=O) groups excluding carboxylic acids is 1. The minimum atomic E-state index is -3.96. The summed E-state index contributed by atoms with van der Waals surface area (Å²) in [6.07, 6.45) is 12.1. The first-order chi connectivity index (χ1) is 12.9. The summed E-state index contributed by atoms with van der Waals surface area (Å²) in [5, 5.41) is 8.75. The number of esters is 1. The van der Waals surface area contributed by atoms with Crippen molar-refractivity contribution in [2.24, 2.45) is 0 Å². The number of ether oxygens (including phenoxy) is 1. The third-order valence-corrected chi connectivity index (χ3v) is 5.16. The average Bonchev–Trinajstić information content (AvgIpc) is 2.65. The van der Waals surface area contributed by atoms with Crippen molar-refractivity contribution in [2.75, 3.05) is 19.8 Å². The fourth-order valence-electron chi connectivity index (χ4n) is 2.37. The van der Waals surface area contributed by atoms with E-state index < -0.39 is 13.8 Å². The van der Waals surface area contributed by atoms with Crippen molar-refractivity contribution in [1.82, 2.24) is 0 Å². The first kappa shape index (κ1) is 30.5. The van der Waals surface area contributed by atoms with Crippen molar-refractivity contribution in [2.45, 2.75) is 84.5 Å². The molecule has 0 rings (SSSR count). The van der Waals surface area contributed by atoms with E-state index in [-0.39, 0.29) is 49.4 Å². The summed E-state index contributed by atoms with van der Waals surface area (Å²) in [5.41, 5.74) is 0.306. The summed E-state index contributed by atoms with van der Waals surface area (Å²) in [7, 11) is -3.96. The molecular formula is C19H38NaO7P. The SMILES string of the molecule is C=C(C)C(=O)OCCCOP(=O)(OO)OCCCCCCCCCCCC.[NaH]. The van der Waals surface area contributed by atoms with Gasteiger partial charge in [-0.05, 0) is 13.3 Å². The monoisotopic (exact) mass is 432 g/mol. The van der Waals surface area contributed by atoms with Gasteiger partial charge >= 0.3 is 43.3 Å². The summed E-state index contributed by atoms with van der Waals surface area (Å²) in [5.74, 6) is -0.492. The second-order valence-corrected chi connectivity index (χ2v) is 8.22. The summed E-state index contributed by atoms with van der Waals surface area (Å²) >= 11 is 0. The Balaban J connectivity index is 0. The number of hydrogen-bond donors (Lipinski definition) is 1. The zero-order valence-electron chi connectivity index (χ0n) is 17.0. The van der Waals surface area contributed by atoms with Crippen LogP contribution < -0.4 is 0 Å². The molecule has 0 amide bonds. The van der Waals surface area contributed by atoms with E-state index in [1.165, 1.54) is 44.9 Å². The first-order valence-corrected chi connectivity index (χ1v) is 11.5. The molecule has 9 heteroatoms. The van der Waals surface area contributed by atoms with Crippen molar-refractivity contribution in [3.63, 3.8) is 0 Å². The van der Waals surface area contributed by atoms with Crippen LogP contribution in [0.2, 0.25) is 0 Å². The van der Waals surface area contributed by atoms with Crippen LogP contribution in [0.5, 0.6) is 0 Å². The van der Waals surface area contributed by atoms with E-state index in [1.54, 1.807) is 6.92 Å². The Bertz CT molecular complexity index is 446. The van der Waals surface area contributed by atoms with Crippen LogP contribution in [0.25, 0.3) is 0 Å². The Morgan fingerprint density at radius 1 is 0.857 bits per heavy atom. The van der Waals surface area contributed by atoms with E-state index in [1.807, 2.05) is 0 Å². The van der Waals surface area contributed by atoms with Gasteiger partial charge in [-0.3, -0.25) is 9.05 Å². The van der Waals surface area contributed by atoms with Crippen molar-refractivity contribution in [1.29, 1.82) is 0 Å². The van der Waals surface area contributed by atoms with Gasteiger partial charge in [-0.15, -0.1) is 4.67 Å². The van der Waals surface area contributed by atoms with Gasteiger partial charge in [0, 0.05) is 12.0 Å². The predicted octanol–water partition coefficient (Wildman–Crippen LogP) is 5.40. The fourth-order valence-corrected chi connectivity index (χ4v) is 3.25. The van der Waals surface area contributed by atoms with Crippen molar-refractivity contribution < 1.29 is 33.1 Å². The van der Waals surface area contributed by atoms with Crippen LogP contribution in [0.15, 0.2) is 12.2 Å². The Kier molecular flexibility index (Phi) is 22.4. The van der Waals surface area contributed by atoms with Crippen LogP contribution in [0.1, 0.15) is 84.5 Å². The number of hydrogen-bond acceptors (Lipinski definition) is 7. The Morgan fingerprint density at radius 2 is 1.32 bits per heavy atom. The van der Waals surface area contributed by atoms with Gasteiger partial charge in [-0.25, -0.2) is 14.6 Å².